The van der Waals surface area contributed by atoms with Gasteiger partial charge in [0, 0.05) is 30.0 Å². The molecule has 1 unspecified atom stereocenters. The molecule has 8 nitrogen and oxygen atoms in total. The Morgan fingerprint density at radius 3 is 2.72 bits per heavy atom. The van der Waals surface area contributed by atoms with Crippen molar-refractivity contribution < 1.29 is 0 Å². The van der Waals surface area contributed by atoms with E-state index in [1.54, 1.807) is 0 Å². The van der Waals surface area contributed by atoms with Gasteiger partial charge in [0.15, 0.2) is 5.65 Å². The number of pyridine rings is 2. The number of nitrogens with zero attached hydrogens (tertiary/aromatic N) is 7. The van der Waals surface area contributed by atoms with E-state index in [-0.39, 0.29) is 6.04 Å². The lowest BCUT2D eigenvalue weighted by molar-refractivity contribution is 0.402. The van der Waals surface area contributed by atoms with Crippen molar-refractivity contribution in [3.05, 3.63) is 69.9 Å². The first-order valence-corrected chi connectivity index (χ1v) is 11.4. The third kappa shape index (κ3) is 3.51. The van der Waals surface area contributed by atoms with E-state index in [0.717, 1.165) is 43.7 Å². The predicted octanol–water partition coefficient (Wildman–Crippen LogP) is 4.00. The van der Waals surface area contributed by atoms with Gasteiger partial charge in [0.1, 0.15) is 15.8 Å². The van der Waals surface area contributed by atoms with Crippen LogP contribution in [-0.4, -0.2) is 48.1 Å². The quantitative estimate of drug-likeness (QED) is 0.341. The van der Waals surface area contributed by atoms with Crippen molar-refractivity contribution >= 4 is 45.0 Å². The van der Waals surface area contributed by atoms with Crippen LogP contribution in [0.25, 0.3) is 27.9 Å². The van der Waals surface area contributed by atoms with Crippen LogP contribution in [0.15, 0.2) is 55.1 Å². The fourth-order valence-electron chi connectivity index (χ4n) is 4.11. The molecule has 0 radical (unpaired) electrons. The number of rotatable bonds is 5. The zero-order valence-corrected chi connectivity index (χ0v) is 20.2. The van der Waals surface area contributed by atoms with E-state index >= 15 is 0 Å². The van der Waals surface area contributed by atoms with E-state index in [9.17, 15) is 0 Å². The molecule has 0 bridgehead atoms. The Hall–Kier alpha value is -3.05. The molecule has 0 aliphatic carbocycles. The molecule has 0 aromatic carbocycles. The Labute approximate surface area is 199 Å². The van der Waals surface area contributed by atoms with Crippen LogP contribution in [0.1, 0.15) is 24.1 Å². The van der Waals surface area contributed by atoms with Gasteiger partial charge in [-0.25, -0.2) is 14.6 Å². The fourth-order valence-corrected chi connectivity index (χ4v) is 4.86. The van der Waals surface area contributed by atoms with Crippen molar-refractivity contribution in [2.45, 2.75) is 19.5 Å². The Morgan fingerprint density at radius 2 is 1.97 bits per heavy atom. The lowest BCUT2D eigenvalue weighted by atomic mass is 10.1. The fraction of sp³-hybridized carbons (Fsp3) is 0.217. The van der Waals surface area contributed by atoms with Crippen LogP contribution >= 0.6 is 22.6 Å². The summed E-state index contributed by atoms with van der Waals surface area (Å²) in [5, 5.41) is 5.55. The van der Waals surface area contributed by atoms with Gasteiger partial charge in [-0.2, -0.15) is 5.10 Å². The van der Waals surface area contributed by atoms with E-state index in [1.807, 2.05) is 23.0 Å². The third-order valence-corrected chi connectivity index (χ3v) is 6.32. The van der Waals surface area contributed by atoms with Gasteiger partial charge in [-0.05, 0) is 73.4 Å². The van der Waals surface area contributed by atoms with Crippen molar-refractivity contribution in [2.24, 2.45) is 0 Å². The Balaban J connectivity index is 1.68. The molecule has 0 amide bonds. The highest BCUT2D eigenvalue weighted by Gasteiger charge is 2.24. The Morgan fingerprint density at radius 1 is 1.12 bits per heavy atom. The van der Waals surface area contributed by atoms with E-state index in [4.69, 9.17) is 15.8 Å². The molecule has 0 aliphatic rings. The molecular formula is C23H23IN8. The first kappa shape index (κ1) is 20.8. The molecule has 9 heteroatoms. The van der Waals surface area contributed by atoms with Gasteiger partial charge in [0.2, 0.25) is 0 Å². The molecule has 0 spiro atoms. The van der Waals surface area contributed by atoms with Crippen LogP contribution in [0.5, 0.6) is 0 Å². The molecule has 1 atom stereocenters. The highest BCUT2D eigenvalue weighted by atomic mass is 127. The molecule has 5 aromatic heterocycles. The molecule has 2 N–H and O–H groups in total. The maximum absolute atomic E-state index is 6.11. The van der Waals surface area contributed by atoms with E-state index < -0.39 is 0 Å². The smallest absolute Gasteiger partial charge is 0.165 e. The van der Waals surface area contributed by atoms with Crippen molar-refractivity contribution in [2.75, 3.05) is 19.8 Å². The Kier molecular flexibility index (Phi) is 5.30. The summed E-state index contributed by atoms with van der Waals surface area (Å²) in [5.41, 5.74) is 12.2. The largest absolute Gasteiger partial charge is 0.383 e. The minimum Gasteiger partial charge on any atom is -0.383 e. The zero-order chi connectivity index (χ0) is 22.4. The van der Waals surface area contributed by atoms with Gasteiger partial charge < -0.3 is 15.0 Å². The van der Waals surface area contributed by atoms with Gasteiger partial charge in [-0.1, -0.05) is 12.1 Å². The minimum absolute atomic E-state index is 0.0894. The summed E-state index contributed by atoms with van der Waals surface area (Å²) in [4.78, 5) is 15.6. The highest BCUT2D eigenvalue weighted by Crippen LogP contribution is 2.35. The predicted molar refractivity (Wildman–Crippen MR) is 134 cm³/mol. The summed E-state index contributed by atoms with van der Waals surface area (Å²) in [7, 11) is 4.11. The second-order valence-corrected chi connectivity index (χ2v) is 9.12. The van der Waals surface area contributed by atoms with Gasteiger partial charge in [-0.15, -0.1) is 0 Å². The highest BCUT2D eigenvalue weighted by molar-refractivity contribution is 14.1. The lowest BCUT2D eigenvalue weighted by Gasteiger charge is -2.15. The van der Waals surface area contributed by atoms with Crippen LogP contribution in [0.4, 0.5) is 5.82 Å². The molecule has 5 aromatic rings. The molecule has 162 valence electrons. The number of nitrogens with two attached hydrogens (primary N) is 1. The number of nitrogen functional groups attached to an aromatic ring is 1. The standard InChI is InChI=1S/C23H23IN8/c1-14(32-23-19(21(24)29-32)22(25)27-13-28-23)17-10-16-6-4-5-9-31(16)20(17)18-8-7-15(11-26-18)12-30(2)3/h4-11,13-14H,12H2,1-3H3,(H2,25,27,28). The summed E-state index contributed by atoms with van der Waals surface area (Å²) < 4.78 is 4.90. The van der Waals surface area contributed by atoms with Crippen molar-refractivity contribution in [3.8, 4) is 11.4 Å². The van der Waals surface area contributed by atoms with Crippen LogP contribution in [0.2, 0.25) is 0 Å². The van der Waals surface area contributed by atoms with Crippen molar-refractivity contribution in [1.82, 2.24) is 34.0 Å². The summed E-state index contributed by atoms with van der Waals surface area (Å²) in [6.45, 7) is 2.98. The minimum atomic E-state index is -0.0894. The number of fused-ring (bicyclic) bond motifs is 2. The SMILES string of the molecule is CC(c1cc2ccccn2c1-c1ccc(CN(C)C)cn1)n1nc(I)c2c(N)ncnc21. The van der Waals surface area contributed by atoms with Crippen LogP contribution < -0.4 is 5.73 Å². The monoisotopic (exact) mass is 538 g/mol. The summed E-state index contributed by atoms with van der Waals surface area (Å²) in [5.74, 6) is 0.443. The molecule has 5 rings (SSSR count). The number of halogens is 1. The summed E-state index contributed by atoms with van der Waals surface area (Å²) in [6.07, 6.45) is 5.51. The normalized spacial score (nSPS) is 12.8. The first-order valence-electron chi connectivity index (χ1n) is 10.3. The van der Waals surface area contributed by atoms with E-state index in [1.165, 1.54) is 11.9 Å². The molecule has 5 heterocycles. The lowest BCUT2D eigenvalue weighted by Crippen LogP contribution is -2.11. The van der Waals surface area contributed by atoms with E-state index in [2.05, 4.69) is 93.3 Å². The molecule has 0 saturated carbocycles. The molecule has 0 aliphatic heterocycles. The Bertz CT molecular complexity index is 1420. The van der Waals surface area contributed by atoms with Gasteiger partial charge in [0.05, 0.1) is 22.8 Å². The van der Waals surface area contributed by atoms with Crippen molar-refractivity contribution in [1.29, 1.82) is 0 Å². The third-order valence-electron chi connectivity index (χ3n) is 5.57. The number of aromatic nitrogens is 6. The second kappa shape index (κ2) is 8.14. The summed E-state index contributed by atoms with van der Waals surface area (Å²) in [6, 6.07) is 12.5. The first-order chi connectivity index (χ1) is 15.4. The van der Waals surface area contributed by atoms with Crippen LogP contribution in [0.3, 0.4) is 0 Å². The zero-order valence-electron chi connectivity index (χ0n) is 18.1. The number of anilines is 1. The summed E-state index contributed by atoms with van der Waals surface area (Å²) >= 11 is 2.19. The van der Waals surface area contributed by atoms with Crippen LogP contribution in [-0.2, 0) is 6.54 Å². The molecule has 0 fully saturated rings. The average molecular weight is 538 g/mol. The maximum Gasteiger partial charge on any atom is 0.165 e. The van der Waals surface area contributed by atoms with Gasteiger partial charge in [-0.3, -0.25) is 4.98 Å². The van der Waals surface area contributed by atoms with Crippen LogP contribution in [0, 0.1) is 3.70 Å². The van der Waals surface area contributed by atoms with Gasteiger partial charge in [0.25, 0.3) is 0 Å². The average Bonchev–Trinajstić information content (AvgIpc) is 3.32. The maximum atomic E-state index is 6.11. The molecule has 0 saturated heterocycles. The molecular weight excluding hydrogens is 515 g/mol. The molecule has 32 heavy (non-hydrogen) atoms. The van der Waals surface area contributed by atoms with Crippen molar-refractivity contribution in [3.63, 3.8) is 0 Å². The topological polar surface area (TPSA) is 90.2 Å². The van der Waals surface area contributed by atoms with E-state index in [0.29, 0.717) is 5.82 Å². The van der Waals surface area contributed by atoms with Gasteiger partial charge >= 0.3 is 0 Å². The number of hydrogen-bond donors (Lipinski definition) is 1. The second-order valence-electron chi connectivity index (χ2n) is 8.10. The number of hydrogen-bond acceptors (Lipinski definition) is 6.